The van der Waals surface area contributed by atoms with Gasteiger partial charge in [-0.15, -0.1) is 0 Å². The van der Waals surface area contributed by atoms with Gasteiger partial charge < -0.3 is 43.3 Å². The van der Waals surface area contributed by atoms with E-state index in [2.05, 4.69) is 43.8 Å². The van der Waals surface area contributed by atoms with Crippen molar-refractivity contribution >= 4 is 63.0 Å². The van der Waals surface area contributed by atoms with E-state index in [-0.39, 0.29) is 63.2 Å². The zero-order valence-electron chi connectivity index (χ0n) is 43.5. The number of hydrogen-bond donors (Lipinski definition) is 0. The molecule has 1 saturated heterocycles. The molecule has 0 bridgehead atoms. The number of carbonyl (C=O) groups is 4. The van der Waals surface area contributed by atoms with Gasteiger partial charge in [-0.2, -0.15) is 20.1 Å². The average molecular weight is 1040 g/mol. The van der Waals surface area contributed by atoms with Gasteiger partial charge in [0.1, 0.15) is 25.2 Å². The fraction of sp³-hybridized carbons (Fsp3) is 0.333. The van der Waals surface area contributed by atoms with Gasteiger partial charge in [-0.25, -0.2) is 19.6 Å². The van der Waals surface area contributed by atoms with E-state index in [9.17, 15) is 19.2 Å². The topological polar surface area (TPSA) is 210 Å². The molecule has 20 nitrogen and oxygen atoms in total. The molecule has 0 aliphatic carbocycles. The predicted octanol–water partition coefficient (Wildman–Crippen LogP) is 8.54. The van der Waals surface area contributed by atoms with Gasteiger partial charge in [0, 0.05) is 66.0 Å². The molecule has 3 aromatic heterocycles. The van der Waals surface area contributed by atoms with Crippen molar-refractivity contribution in [2.45, 2.75) is 58.2 Å². The van der Waals surface area contributed by atoms with Crippen molar-refractivity contribution in [2.24, 2.45) is 16.1 Å². The molecule has 3 aliphatic rings. The second kappa shape index (κ2) is 22.4. The molecule has 7 aromatic rings. The molecule has 6 heterocycles. The number of pyridine rings is 1. The lowest BCUT2D eigenvalue weighted by Gasteiger charge is -2.42. The number of rotatable bonds is 15. The van der Waals surface area contributed by atoms with Crippen molar-refractivity contribution in [2.75, 3.05) is 66.1 Å². The summed E-state index contributed by atoms with van der Waals surface area (Å²) in [6.07, 6.45) is 6.43. The van der Waals surface area contributed by atoms with Crippen LogP contribution in [0, 0.1) is 17.2 Å². The Balaban J connectivity index is 0.701. The molecule has 4 aromatic carbocycles. The minimum absolute atomic E-state index is 0.0156. The number of aryl methyl sites for hydroxylation is 3. The number of hydrogen-bond acceptors (Lipinski definition) is 15. The number of anilines is 1. The smallest absolute Gasteiger partial charge is 0.409 e. The van der Waals surface area contributed by atoms with Gasteiger partial charge in [0.15, 0.2) is 41.4 Å². The van der Waals surface area contributed by atoms with Crippen molar-refractivity contribution in [3.05, 3.63) is 120 Å². The summed E-state index contributed by atoms with van der Waals surface area (Å²) in [6, 6.07) is 28.0. The van der Waals surface area contributed by atoms with Crippen LogP contribution in [0.2, 0.25) is 0 Å². The summed E-state index contributed by atoms with van der Waals surface area (Å²) in [4.78, 5) is 68.5. The highest BCUT2D eigenvalue weighted by molar-refractivity contribution is 5.95. The van der Waals surface area contributed by atoms with Gasteiger partial charge in [-0.1, -0.05) is 37.3 Å². The third-order valence-corrected chi connectivity index (χ3v) is 14.6. The zero-order valence-corrected chi connectivity index (χ0v) is 43.5. The average Bonchev–Trinajstić information content (AvgIpc) is 4.12. The SMILES string of the molecule is COc1ccc2cc3[n+](cc2c1OC(=O)CCc1ccccc1N=Nc1ccc(COC(=O)N(C)CCN(C)C(=O)n2ccc4c(N(C)[C@H]5CN(C(=O)CC#N)CC[C@H]5C)ncnc42)cc1)CCc1cc2c(cc1-3)OCO2. The van der Waals surface area contributed by atoms with Crippen LogP contribution in [-0.4, -0.2) is 121 Å². The molecule has 0 radical (unpaired) electrons. The van der Waals surface area contributed by atoms with Crippen LogP contribution in [0.3, 0.4) is 0 Å². The third kappa shape index (κ3) is 10.9. The Morgan fingerprint density at radius 1 is 0.922 bits per heavy atom. The van der Waals surface area contributed by atoms with Gasteiger partial charge >= 0.3 is 18.1 Å². The zero-order chi connectivity index (χ0) is 53.7. The second-order valence-corrected chi connectivity index (χ2v) is 19.5. The van der Waals surface area contributed by atoms with Crippen LogP contribution in [0.25, 0.3) is 33.1 Å². The summed E-state index contributed by atoms with van der Waals surface area (Å²) in [7, 11) is 6.74. The van der Waals surface area contributed by atoms with Crippen LogP contribution in [0.15, 0.2) is 114 Å². The lowest BCUT2D eigenvalue weighted by atomic mass is 9.92. The number of ether oxygens (including phenoxy) is 5. The van der Waals surface area contributed by atoms with Gasteiger partial charge in [0.2, 0.25) is 18.4 Å². The Bertz CT molecular complexity index is 3480. The summed E-state index contributed by atoms with van der Waals surface area (Å²) < 4.78 is 32.3. The van der Waals surface area contributed by atoms with E-state index in [0.29, 0.717) is 59.2 Å². The third-order valence-electron chi connectivity index (χ3n) is 14.6. The largest absolute Gasteiger partial charge is 0.493 e. The molecule has 20 heteroatoms. The molecule has 1 fully saturated rings. The Hall–Kier alpha value is -9.12. The quantitative estimate of drug-likeness (QED) is 0.0408. The standard InChI is InChI=1S/C57H58N11O9/c1-36-19-23-67(51(69)18-22-58)32-47(36)65(4)54-42-21-25-68(55(42)60-34-59-54)56(71)63(2)26-27-64(3)57(72)74-33-37-10-14-41(15-11-37)61-62-45-9-7-6-8-38(45)13-17-52(70)77-53-44-31-66-24-20-40-29-49-50(76-35-75-49)30-43(40)46(66)28-39(44)12-16-48(53)73-5/h6-12,14-16,21,25,28-31,34,36,47H,13,17-20,23-24,26-27,32-33,35H2,1-5H3/q+1/t36-,47+/m1/s1. The van der Waals surface area contributed by atoms with Crippen LogP contribution >= 0.6 is 0 Å². The molecule has 10 rings (SSSR count). The number of nitriles is 1. The number of aromatic nitrogens is 4. The summed E-state index contributed by atoms with van der Waals surface area (Å²) >= 11 is 0. The molecule has 0 unspecified atom stereocenters. The maximum absolute atomic E-state index is 13.7. The molecule has 0 spiro atoms. The minimum Gasteiger partial charge on any atom is -0.493 e. The molecule has 3 amide bonds. The summed E-state index contributed by atoms with van der Waals surface area (Å²) in [5, 5.41) is 20.4. The normalized spacial score (nSPS) is 15.4. The van der Waals surface area contributed by atoms with Crippen LogP contribution in [0.5, 0.6) is 23.0 Å². The van der Waals surface area contributed by atoms with Crippen molar-refractivity contribution in [1.29, 1.82) is 5.26 Å². The number of benzene rings is 4. The summed E-state index contributed by atoms with van der Waals surface area (Å²) in [6.45, 7) is 4.59. The number of likely N-dealkylation sites (N-methyl/N-ethyl adjacent to an activating group) is 3. The first kappa shape index (κ1) is 51.4. The van der Waals surface area contributed by atoms with Crippen LogP contribution < -0.4 is 28.4 Å². The maximum Gasteiger partial charge on any atom is 0.409 e. The van der Waals surface area contributed by atoms with Crippen LogP contribution in [0.4, 0.5) is 26.8 Å². The molecule has 2 atom stereocenters. The second-order valence-electron chi connectivity index (χ2n) is 19.5. The van der Waals surface area contributed by atoms with Gasteiger partial charge in [0.25, 0.3) is 0 Å². The fourth-order valence-corrected chi connectivity index (χ4v) is 10.1. The van der Waals surface area contributed by atoms with Gasteiger partial charge in [-0.3, -0.25) is 14.2 Å². The van der Waals surface area contributed by atoms with Crippen molar-refractivity contribution in [1.82, 2.24) is 29.2 Å². The molecule has 0 saturated carbocycles. The molecular weight excluding hydrogens is 983 g/mol. The lowest BCUT2D eigenvalue weighted by Crippen LogP contribution is -2.52. The number of carbonyl (C=O) groups excluding carboxylic acids is 4. The summed E-state index contributed by atoms with van der Waals surface area (Å²) in [5.74, 6) is 2.60. The van der Waals surface area contributed by atoms with E-state index < -0.39 is 12.1 Å². The number of methoxy groups -OCH3 is 1. The lowest BCUT2D eigenvalue weighted by molar-refractivity contribution is -0.686. The number of esters is 1. The first-order valence-electron chi connectivity index (χ1n) is 25.5. The van der Waals surface area contributed by atoms with Gasteiger partial charge in [-0.05, 0) is 89.4 Å². The number of piperidine rings is 1. The van der Waals surface area contributed by atoms with Crippen molar-refractivity contribution in [3.8, 4) is 40.3 Å². The highest BCUT2D eigenvalue weighted by atomic mass is 16.7. The number of azo groups is 1. The highest BCUT2D eigenvalue weighted by Crippen LogP contribution is 2.42. The Morgan fingerprint density at radius 2 is 1.71 bits per heavy atom. The van der Waals surface area contributed by atoms with E-state index in [4.69, 9.17) is 28.9 Å². The first-order valence-corrected chi connectivity index (χ1v) is 25.5. The van der Waals surface area contributed by atoms with E-state index in [1.807, 2.05) is 66.7 Å². The predicted molar refractivity (Wildman–Crippen MR) is 284 cm³/mol. The Labute approximate surface area is 444 Å². The van der Waals surface area contributed by atoms with Gasteiger partial charge in [0.05, 0.1) is 53.4 Å². The van der Waals surface area contributed by atoms with Crippen LogP contribution in [0.1, 0.15) is 42.9 Å². The maximum atomic E-state index is 13.7. The number of likely N-dealkylation sites (tertiary alicyclic amines) is 1. The van der Waals surface area contributed by atoms with E-state index in [1.54, 1.807) is 62.6 Å². The van der Waals surface area contributed by atoms with Crippen molar-refractivity contribution in [3.63, 3.8) is 0 Å². The summed E-state index contributed by atoms with van der Waals surface area (Å²) in [5.41, 5.74) is 6.50. The van der Waals surface area contributed by atoms with Crippen LogP contribution in [-0.2, 0) is 40.3 Å². The Kier molecular flexibility index (Phi) is 14.9. The number of nitrogens with zero attached hydrogens (tertiary/aromatic N) is 11. The molecular formula is C57H58N11O9+. The first-order chi connectivity index (χ1) is 37.4. The van der Waals surface area contributed by atoms with E-state index >= 15 is 0 Å². The molecule has 0 N–H and O–H groups in total. The molecule has 77 heavy (non-hydrogen) atoms. The number of fused-ring (bicyclic) bond motifs is 6. The van der Waals surface area contributed by atoms with E-state index in [0.717, 1.165) is 64.0 Å². The fourth-order valence-electron chi connectivity index (χ4n) is 10.1. The minimum atomic E-state index is -0.554. The molecule has 3 aliphatic heterocycles. The van der Waals surface area contributed by atoms with E-state index in [1.165, 1.54) is 26.3 Å². The van der Waals surface area contributed by atoms with Crippen molar-refractivity contribution < 1.29 is 47.4 Å². The Morgan fingerprint density at radius 3 is 2.52 bits per heavy atom. The highest BCUT2D eigenvalue weighted by Gasteiger charge is 2.34. The number of amides is 3. The monoisotopic (exact) mass is 1040 g/mol. The molecule has 394 valence electrons.